The zero-order chi connectivity index (χ0) is 26.2. The summed E-state index contributed by atoms with van der Waals surface area (Å²) < 4.78 is 6.22. The quantitative estimate of drug-likeness (QED) is 0.328. The Morgan fingerprint density at radius 3 is 2.50 bits per heavy atom. The Hall–Kier alpha value is -4.23. The van der Waals surface area contributed by atoms with Crippen LogP contribution < -0.4 is 9.64 Å². The van der Waals surface area contributed by atoms with Crippen LogP contribution in [0.1, 0.15) is 22.9 Å². The van der Waals surface area contributed by atoms with Gasteiger partial charge in [-0.15, -0.1) is 0 Å². The summed E-state index contributed by atoms with van der Waals surface area (Å²) in [6.45, 7) is 6.77. The van der Waals surface area contributed by atoms with E-state index in [0.29, 0.717) is 19.7 Å². The molecule has 1 aliphatic heterocycles. The summed E-state index contributed by atoms with van der Waals surface area (Å²) in [5.74, 6) is 3.62. The Balaban J connectivity index is 1.41. The number of aromatic nitrogens is 4. The number of H-pyrrole nitrogens is 1. The summed E-state index contributed by atoms with van der Waals surface area (Å²) >= 11 is 0. The Kier molecular flexibility index (Phi) is 6.29. The zero-order valence-corrected chi connectivity index (χ0v) is 22.3. The van der Waals surface area contributed by atoms with Crippen molar-refractivity contribution in [2.75, 3.05) is 32.1 Å². The van der Waals surface area contributed by atoms with Crippen LogP contribution in [0.2, 0.25) is 0 Å². The molecule has 0 amide bonds. The van der Waals surface area contributed by atoms with Crippen molar-refractivity contribution in [2.45, 2.75) is 26.9 Å². The molecule has 0 saturated heterocycles. The van der Waals surface area contributed by atoms with Gasteiger partial charge in [0.25, 0.3) is 0 Å². The Bertz CT molecular complexity index is 1610. The number of nitrogens with one attached hydrogen (secondary N) is 1. The molecule has 6 rings (SSSR count). The number of anilines is 1. The van der Waals surface area contributed by atoms with E-state index in [-0.39, 0.29) is 0 Å². The molecule has 0 aliphatic carbocycles. The van der Waals surface area contributed by atoms with Crippen molar-refractivity contribution < 1.29 is 4.74 Å². The summed E-state index contributed by atoms with van der Waals surface area (Å²) in [4.78, 5) is 22.4. The van der Waals surface area contributed by atoms with Crippen LogP contribution in [0.15, 0.2) is 66.7 Å². The third-order valence-electron chi connectivity index (χ3n) is 6.91. The summed E-state index contributed by atoms with van der Waals surface area (Å²) in [5.41, 5.74) is 8.64. The molecule has 2 aromatic heterocycles. The number of hydrogen-bond donors (Lipinski definition) is 1. The van der Waals surface area contributed by atoms with E-state index in [1.54, 1.807) is 0 Å². The lowest BCUT2D eigenvalue weighted by Gasteiger charge is -2.26. The minimum Gasteiger partial charge on any atom is -0.491 e. The van der Waals surface area contributed by atoms with Crippen molar-refractivity contribution in [1.82, 2.24) is 24.8 Å². The second-order valence-corrected chi connectivity index (χ2v) is 10.2. The predicted octanol–water partition coefficient (Wildman–Crippen LogP) is 5.76. The van der Waals surface area contributed by atoms with Gasteiger partial charge in [-0.2, -0.15) is 0 Å². The van der Waals surface area contributed by atoms with Gasteiger partial charge in [0.1, 0.15) is 29.8 Å². The van der Waals surface area contributed by atoms with E-state index in [0.717, 1.165) is 74.3 Å². The summed E-state index contributed by atoms with van der Waals surface area (Å²) in [6.07, 6.45) is 0. The maximum Gasteiger partial charge on any atom is 0.144 e. The van der Waals surface area contributed by atoms with Crippen molar-refractivity contribution in [2.24, 2.45) is 0 Å². The van der Waals surface area contributed by atoms with E-state index in [1.165, 1.54) is 0 Å². The minimum absolute atomic E-state index is 0.588. The molecule has 0 bridgehead atoms. The second kappa shape index (κ2) is 9.91. The lowest BCUT2D eigenvalue weighted by atomic mass is 10.0. The molecule has 3 aromatic carbocycles. The van der Waals surface area contributed by atoms with Crippen molar-refractivity contribution in [1.29, 1.82) is 0 Å². The van der Waals surface area contributed by atoms with Crippen LogP contribution in [-0.4, -0.2) is 52.1 Å². The molecule has 0 fully saturated rings. The Labute approximate surface area is 223 Å². The van der Waals surface area contributed by atoms with Crippen LogP contribution in [0.3, 0.4) is 0 Å². The van der Waals surface area contributed by atoms with Crippen molar-refractivity contribution >= 4 is 16.9 Å². The highest BCUT2D eigenvalue weighted by atomic mass is 16.5. The standard InChI is InChI=1S/C31H32N6O/c1-20-30(22-8-6-5-7-9-22)31(35-29(32-20)19-36(3)4)37-14-15-38-28-13-11-23(16-25(28)18-37)24-10-12-26-27(17-24)34-21(2)33-26/h5-13,16-17H,14-15,18-19H2,1-4H3,(H,33,34). The highest BCUT2D eigenvalue weighted by molar-refractivity contribution is 5.82. The first kappa shape index (κ1) is 24.1. The maximum absolute atomic E-state index is 6.22. The third-order valence-corrected chi connectivity index (χ3v) is 6.91. The molecule has 0 atom stereocenters. The van der Waals surface area contributed by atoms with E-state index in [4.69, 9.17) is 14.7 Å². The van der Waals surface area contributed by atoms with Gasteiger partial charge in [0.15, 0.2) is 0 Å². The number of aryl methyl sites for hydroxylation is 2. The van der Waals surface area contributed by atoms with E-state index >= 15 is 0 Å². The average molecular weight is 505 g/mol. The summed E-state index contributed by atoms with van der Waals surface area (Å²) in [7, 11) is 4.09. The van der Waals surface area contributed by atoms with Gasteiger partial charge in [0.05, 0.1) is 29.8 Å². The highest BCUT2D eigenvalue weighted by Crippen LogP contribution is 2.36. The molecule has 7 heteroatoms. The molecule has 0 radical (unpaired) electrons. The maximum atomic E-state index is 6.22. The molecule has 0 unspecified atom stereocenters. The van der Waals surface area contributed by atoms with Crippen LogP contribution in [0, 0.1) is 13.8 Å². The van der Waals surface area contributed by atoms with Gasteiger partial charge in [-0.1, -0.05) is 42.5 Å². The molecule has 7 nitrogen and oxygen atoms in total. The zero-order valence-electron chi connectivity index (χ0n) is 22.3. The fraction of sp³-hybridized carbons (Fsp3) is 0.258. The van der Waals surface area contributed by atoms with Gasteiger partial charge in [0.2, 0.25) is 0 Å². The van der Waals surface area contributed by atoms with Gasteiger partial charge in [-0.3, -0.25) is 0 Å². The number of nitrogens with zero attached hydrogens (tertiary/aromatic N) is 5. The number of rotatable bonds is 5. The van der Waals surface area contributed by atoms with E-state index in [2.05, 4.69) is 87.4 Å². The molecular weight excluding hydrogens is 472 g/mol. The molecule has 3 heterocycles. The third kappa shape index (κ3) is 4.73. The van der Waals surface area contributed by atoms with Crippen LogP contribution >= 0.6 is 0 Å². The smallest absolute Gasteiger partial charge is 0.144 e. The van der Waals surface area contributed by atoms with Gasteiger partial charge >= 0.3 is 0 Å². The lowest BCUT2D eigenvalue weighted by Crippen LogP contribution is -2.28. The summed E-state index contributed by atoms with van der Waals surface area (Å²) in [5, 5.41) is 0. The fourth-order valence-electron chi connectivity index (χ4n) is 5.21. The highest BCUT2D eigenvalue weighted by Gasteiger charge is 2.23. The number of benzene rings is 3. The number of imidazole rings is 1. The number of hydrogen-bond acceptors (Lipinski definition) is 6. The van der Waals surface area contributed by atoms with E-state index in [1.807, 2.05) is 27.1 Å². The topological polar surface area (TPSA) is 70.2 Å². The Morgan fingerprint density at radius 2 is 1.68 bits per heavy atom. The van der Waals surface area contributed by atoms with E-state index < -0.39 is 0 Å². The SMILES string of the molecule is Cc1nc2cc(-c3ccc4c(c3)CN(c3nc(CN(C)C)nc(C)c3-c3ccccc3)CCO4)ccc2[nH]1. The lowest BCUT2D eigenvalue weighted by molar-refractivity contribution is 0.331. The second-order valence-electron chi connectivity index (χ2n) is 10.2. The molecule has 38 heavy (non-hydrogen) atoms. The van der Waals surface area contributed by atoms with Gasteiger partial charge in [-0.25, -0.2) is 15.0 Å². The van der Waals surface area contributed by atoms with Gasteiger partial charge in [0, 0.05) is 17.7 Å². The molecule has 0 spiro atoms. The predicted molar refractivity (Wildman–Crippen MR) is 152 cm³/mol. The van der Waals surface area contributed by atoms with Crippen molar-refractivity contribution in [3.63, 3.8) is 0 Å². The summed E-state index contributed by atoms with van der Waals surface area (Å²) in [6, 6.07) is 23.3. The first-order valence-electron chi connectivity index (χ1n) is 13.0. The van der Waals surface area contributed by atoms with Crippen LogP contribution in [0.4, 0.5) is 5.82 Å². The molecule has 1 N–H and O–H groups in total. The van der Waals surface area contributed by atoms with Gasteiger partial charge < -0.3 is 19.5 Å². The van der Waals surface area contributed by atoms with Crippen molar-refractivity contribution in [3.05, 3.63) is 89.6 Å². The fourth-order valence-corrected chi connectivity index (χ4v) is 5.21. The van der Waals surface area contributed by atoms with Crippen LogP contribution in [0.5, 0.6) is 5.75 Å². The van der Waals surface area contributed by atoms with Gasteiger partial charge in [-0.05, 0) is 68.9 Å². The number of aromatic amines is 1. The van der Waals surface area contributed by atoms with Crippen LogP contribution in [-0.2, 0) is 13.1 Å². The minimum atomic E-state index is 0.588. The molecule has 5 aromatic rings. The number of fused-ring (bicyclic) bond motifs is 2. The average Bonchev–Trinajstić information content (AvgIpc) is 3.14. The van der Waals surface area contributed by atoms with Crippen LogP contribution in [0.25, 0.3) is 33.3 Å². The van der Waals surface area contributed by atoms with Crippen molar-refractivity contribution in [3.8, 4) is 28.0 Å². The monoisotopic (exact) mass is 504 g/mol. The van der Waals surface area contributed by atoms with E-state index in [9.17, 15) is 0 Å². The number of ether oxygens (including phenoxy) is 1. The first-order valence-corrected chi connectivity index (χ1v) is 13.0. The normalized spacial score (nSPS) is 13.4. The molecular formula is C31H32N6O. The molecule has 1 aliphatic rings. The first-order chi connectivity index (χ1) is 18.4. The Morgan fingerprint density at radius 1 is 0.895 bits per heavy atom. The largest absolute Gasteiger partial charge is 0.491 e. The molecule has 192 valence electrons. The molecule has 0 saturated carbocycles.